The number of hydrazine groups is 1. The molecule has 0 saturated carbocycles. The Hall–Kier alpha value is -0.660. The first-order valence-electron chi connectivity index (χ1n) is 5.52. The average Bonchev–Trinajstić information content (AvgIpc) is 2.62. The van der Waals surface area contributed by atoms with E-state index in [1.54, 1.807) is 24.3 Å². The summed E-state index contributed by atoms with van der Waals surface area (Å²) in [7, 11) is 0. The minimum absolute atomic E-state index is 0.116. The molecule has 2 rings (SSSR count). The van der Waals surface area contributed by atoms with Crippen LogP contribution in [-0.4, -0.2) is 32.8 Å². The lowest BCUT2D eigenvalue weighted by atomic mass is 10.2. The van der Waals surface area contributed by atoms with E-state index in [1.807, 2.05) is 0 Å². The number of anilines is 1. The van der Waals surface area contributed by atoms with Crippen molar-refractivity contribution in [2.24, 2.45) is 0 Å². The molecule has 0 N–H and O–H groups in total. The number of benzene rings is 1. The van der Waals surface area contributed by atoms with Gasteiger partial charge in [0, 0.05) is 17.1 Å². The maximum Gasteiger partial charge on any atom is 0.369 e. The van der Waals surface area contributed by atoms with E-state index in [4.69, 9.17) is 47.0 Å². The molecule has 1 aromatic rings. The highest BCUT2D eigenvalue weighted by molar-refractivity contribution is 7.78. The second-order valence-electron chi connectivity index (χ2n) is 3.93. The van der Waals surface area contributed by atoms with E-state index in [0.29, 0.717) is 10.7 Å². The number of hydrogen-bond acceptors (Lipinski definition) is 3. The third kappa shape index (κ3) is 2.84. The lowest BCUT2D eigenvalue weighted by molar-refractivity contribution is -0.110. The summed E-state index contributed by atoms with van der Waals surface area (Å²) in [6.07, 6.45) is -0.535. The van der Waals surface area contributed by atoms with Crippen LogP contribution in [0.1, 0.15) is 6.42 Å². The molecule has 1 aromatic carbocycles. The van der Waals surface area contributed by atoms with Crippen LogP contribution in [0.4, 0.5) is 15.0 Å². The van der Waals surface area contributed by atoms with Crippen LogP contribution in [0.2, 0.25) is 5.02 Å². The summed E-state index contributed by atoms with van der Waals surface area (Å²) in [6.45, 7) is 0. The van der Waals surface area contributed by atoms with Crippen LogP contribution >= 0.6 is 47.0 Å². The highest BCUT2D eigenvalue weighted by Crippen LogP contribution is 2.34. The van der Waals surface area contributed by atoms with Gasteiger partial charge >= 0.3 is 6.03 Å². The van der Waals surface area contributed by atoms with Gasteiger partial charge < -0.3 is 0 Å². The summed E-state index contributed by atoms with van der Waals surface area (Å²) in [5.41, 5.74) is 0.434. The van der Waals surface area contributed by atoms with Crippen molar-refractivity contribution in [3.05, 3.63) is 29.3 Å². The van der Waals surface area contributed by atoms with E-state index >= 15 is 0 Å². The molecule has 0 aromatic heterocycles. The van der Waals surface area contributed by atoms with Crippen LogP contribution in [0.5, 0.6) is 0 Å². The largest absolute Gasteiger partial charge is 0.369 e. The van der Waals surface area contributed by atoms with Gasteiger partial charge in [0.15, 0.2) is 4.96 Å². The summed E-state index contributed by atoms with van der Waals surface area (Å²) in [5.74, 6) is 0. The summed E-state index contributed by atoms with van der Waals surface area (Å²) in [5, 5.41) is 2.59. The fourth-order valence-corrected chi connectivity index (χ4v) is 2.74. The maximum atomic E-state index is 14.0. The minimum atomic E-state index is -1.23. The van der Waals surface area contributed by atoms with Gasteiger partial charge in [-0.05, 0) is 23.6 Å². The van der Waals surface area contributed by atoms with E-state index in [1.165, 1.54) is 10.3 Å². The van der Waals surface area contributed by atoms with Gasteiger partial charge in [-0.2, -0.15) is 0 Å². The number of nitrogens with zero attached hydrogens (tertiary/aromatic N) is 3. The third-order valence-corrected chi connectivity index (χ3v) is 3.59. The Balaban J connectivity index is 2.44. The molecule has 1 aliphatic rings. The summed E-state index contributed by atoms with van der Waals surface area (Å²) < 4.78 is 14.0. The summed E-state index contributed by atoms with van der Waals surface area (Å²) >= 11 is 22.1. The highest BCUT2D eigenvalue weighted by Gasteiger charge is 2.48. The van der Waals surface area contributed by atoms with Crippen molar-refractivity contribution in [3.8, 4) is 0 Å². The van der Waals surface area contributed by atoms with Gasteiger partial charge in [0.1, 0.15) is 6.17 Å². The SMILES string of the molecule is O=C1N(c2cccc(Cl)c2)C(CC=S)N(C(Cl)Cl)N1F. The molecule has 1 unspecified atom stereocenters. The molecule has 0 radical (unpaired) electrons. The Bertz CT molecular complexity index is 533. The fraction of sp³-hybridized carbons (Fsp3) is 0.273. The zero-order valence-corrected chi connectivity index (χ0v) is 13.0. The zero-order chi connectivity index (χ0) is 14.9. The van der Waals surface area contributed by atoms with E-state index in [-0.39, 0.29) is 11.7 Å². The van der Waals surface area contributed by atoms with Crippen molar-refractivity contribution in [2.45, 2.75) is 17.5 Å². The number of amides is 2. The van der Waals surface area contributed by atoms with Crippen molar-refractivity contribution in [2.75, 3.05) is 4.90 Å². The Morgan fingerprint density at radius 3 is 2.70 bits per heavy atom. The molecule has 0 aliphatic carbocycles. The van der Waals surface area contributed by atoms with Crippen LogP contribution in [0, 0.1) is 0 Å². The Morgan fingerprint density at radius 2 is 2.15 bits per heavy atom. The van der Waals surface area contributed by atoms with Gasteiger partial charge in [-0.1, -0.05) is 62.8 Å². The lowest BCUT2D eigenvalue weighted by Gasteiger charge is -2.27. The summed E-state index contributed by atoms with van der Waals surface area (Å²) in [4.78, 5) is 12.0. The van der Waals surface area contributed by atoms with Gasteiger partial charge in [0.2, 0.25) is 0 Å². The van der Waals surface area contributed by atoms with E-state index < -0.39 is 17.2 Å². The van der Waals surface area contributed by atoms with Crippen LogP contribution in [0.3, 0.4) is 0 Å². The Kier molecular flexibility index (Phi) is 5.04. The molecule has 0 spiro atoms. The third-order valence-electron chi connectivity index (χ3n) is 2.76. The number of carbonyl (C=O) groups excluding carboxylic acids is 1. The smallest absolute Gasteiger partial charge is 0.273 e. The number of halogens is 4. The Labute approximate surface area is 135 Å². The molecule has 1 saturated heterocycles. The number of carbonyl (C=O) groups is 1. The molecule has 2 amide bonds. The first kappa shape index (κ1) is 15.7. The van der Waals surface area contributed by atoms with E-state index in [9.17, 15) is 9.28 Å². The van der Waals surface area contributed by atoms with Crippen LogP contribution in [0.15, 0.2) is 24.3 Å². The quantitative estimate of drug-likeness (QED) is 0.351. The predicted molar refractivity (Wildman–Crippen MR) is 81.7 cm³/mol. The first-order chi connectivity index (χ1) is 9.47. The van der Waals surface area contributed by atoms with E-state index in [2.05, 4.69) is 0 Å². The Morgan fingerprint density at radius 1 is 1.45 bits per heavy atom. The minimum Gasteiger partial charge on any atom is -0.273 e. The highest BCUT2D eigenvalue weighted by atomic mass is 35.5. The van der Waals surface area contributed by atoms with Crippen molar-refractivity contribution >= 4 is 64.1 Å². The van der Waals surface area contributed by atoms with Crippen LogP contribution in [0.25, 0.3) is 0 Å². The molecular weight excluding hydrogens is 348 g/mol. The summed E-state index contributed by atoms with van der Waals surface area (Å²) in [6, 6.07) is 5.58. The van der Waals surface area contributed by atoms with Crippen molar-refractivity contribution in [1.82, 2.24) is 10.2 Å². The molecule has 1 heterocycles. The first-order valence-corrected chi connectivity index (χ1v) is 7.24. The second kappa shape index (κ2) is 6.41. The monoisotopic (exact) mass is 355 g/mol. The molecule has 4 nitrogen and oxygen atoms in total. The molecule has 108 valence electrons. The number of urea groups is 1. The molecule has 20 heavy (non-hydrogen) atoms. The van der Waals surface area contributed by atoms with Crippen molar-refractivity contribution in [3.63, 3.8) is 0 Å². The standard InChI is InChI=1S/C11H9Cl3FN3OS/c12-7-2-1-3-8(6-7)16-9(4-5-20)17(10(13)14)18(15)11(16)19/h1-3,5-6,9-10H,4H2. The van der Waals surface area contributed by atoms with Gasteiger partial charge in [-0.25, -0.2) is 4.79 Å². The number of alkyl halides is 2. The lowest BCUT2D eigenvalue weighted by Crippen LogP contribution is -2.43. The zero-order valence-electron chi connectivity index (χ0n) is 9.92. The van der Waals surface area contributed by atoms with Crippen molar-refractivity contribution < 1.29 is 9.28 Å². The fourth-order valence-electron chi connectivity index (χ4n) is 1.97. The number of rotatable bonds is 4. The number of thiocarbonyl (C=S) groups is 1. The molecule has 9 heteroatoms. The van der Waals surface area contributed by atoms with E-state index in [0.717, 1.165) is 5.01 Å². The van der Waals surface area contributed by atoms with Crippen LogP contribution < -0.4 is 4.90 Å². The maximum absolute atomic E-state index is 14.0. The molecule has 1 fully saturated rings. The van der Waals surface area contributed by atoms with Crippen molar-refractivity contribution in [1.29, 1.82) is 0 Å². The predicted octanol–water partition coefficient (Wildman–Crippen LogP) is 4.16. The molecule has 1 atom stereocenters. The van der Waals surface area contributed by atoms with Gasteiger partial charge in [0.25, 0.3) is 0 Å². The number of hydrogen-bond donors (Lipinski definition) is 0. The normalized spacial score (nSPS) is 20.1. The second-order valence-corrected chi connectivity index (χ2v) is 5.75. The molecule has 0 bridgehead atoms. The van der Waals surface area contributed by atoms with Crippen LogP contribution in [-0.2, 0) is 0 Å². The van der Waals surface area contributed by atoms with Gasteiger partial charge in [-0.3, -0.25) is 4.90 Å². The average molecular weight is 357 g/mol. The molecule has 1 aliphatic heterocycles. The van der Waals surface area contributed by atoms with Gasteiger partial charge in [-0.15, -0.1) is 5.01 Å². The van der Waals surface area contributed by atoms with Gasteiger partial charge in [0.05, 0.1) is 0 Å². The molecular formula is C11H9Cl3FN3OS. The topological polar surface area (TPSA) is 26.8 Å².